The third-order valence-corrected chi connectivity index (χ3v) is 3.56. The van der Waals surface area contributed by atoms with Crippen molar-refractivity contribution in [3.05, 3.63) is 28.0 Å². The lowest BCUT2D eigenvalue weighted by Gasteiger charge is -2.36. The van der Waals surface area contributed by atoms with Crippen LogP contribution in [0.1, 0.15) is 30.1 Å². The van der Waals surface area contributed by atoms with E-state index in [0.29, 0.717) is 19.4 Å². The van der Waals surface area contributed by atoms with Crippen molar-refractivity contribution in [2.24, 2.45) is 5.92 Å². The van der Waals surface area contributed by atoms with Crippen molar-refractivity contribution in [1.29, 1.82) is 0 Å². The van der Waals surface area contributed by atoms with E-state index in [1.807, 2.05) is 0 Å². The summed E-state index contributed by atoms with van der Waals surface area (Å²) in [5.74, 6) is -2.03. The summed E-state index contributed by atoms with van der Waals surface area (Å²) >= 11 is 0. The van der Waals surface area contributed by atoms with Crippen LogP contribution >= 0.6 is 0 Å². The van der Waals surface area contributed by atoms with Gasteiger partial charge in [-0.05, 0) is 19.8 Å². The monoisotopic (exact) mass is 280 g/mol. The second kappa shape index (κ2) is 5.36. The summed E-state index contributed by atoms with van der Waals surface area (Å²) in [6.45, 7) is 2.10. The Morgan fingerprint density at radius 2 is 2.10 bits per heavy atom. The van der Waals surface area contributed by atoms with E-state index in [4.69, 9.17) is 5.11 Å². The van der Waals surface area contributed by atoms with Crippen molar-refractivity contribution in [1.82, 2.24) is 9.88 Å². The highest BCUT2D eigenvalue weighted by atomic mass is 16.4. The van der Waals surface area contributed by atoms with Crippen molar-refractivity contribution < 1.29 is 19.8 Å². The number of carbonyl (C=O) groups excluding carboxylic acids is 1. The van der Waals surface area contributed by atoms with Crippen LogP contribution in [0.2, 0.25) is 0 Å². The highest BCUT2D eigenvalue weighted by Gasteiger charge is 2.32. The molecule has 1 fully saturated rings. The van der Waals surface area contributed by atoms with Crippen molar-refractivity contribution in [2.75, 3.05) is 6.54 Å². The Balaban J connectivity index is 2.18. The van der Waals surface area contributed by atoms with E-state index in [1.165, 1.54) is 11.0 Å². The summed E-state index contributed by atoms with van der Waals surface area (Å²) in [5, 5.41) is 18.3. The molecule has 0 spiro atoms. The highest BCUT2D eigenvalue weighted by Crippen LogP contribution is 2.24. The number of piperidine rings is 1. The number of carboxylic acids is 1. The molecule has 0 saturated carbocycles. The number of rotatable bonds is 2. The SMILES string of the molecule is CC1CC(C(=O)O)CCN1C(=O)c1cc(O)[nH]c(=O)c1. The zero-order valence-electron chi connectivity index (χ0n) is 11.0. The quantitative estimate of drug-likeness (QED) is 0.726. The van der Waals surface area contributed by atoms with Crippen LogP contribution in [0.15, 0.2) is 16.9 Å². The largest absolute Gasteiger partial charge is 0.494 e. The van der Waals surface area contributed by atoms with Gasteiger partial charge >= 0.3 is 5.97 Å². The minimum Gasteiger partial charge on any atom is -0.494 e. The molecule has 0 aliphatic carbocycles. The zero-order valence-corrected chi connectivity index (χ0v) is 11.0. The molecule has 1 aromatic rings. The molecule has 3 N–H and O–H groups in total. The number of aromatic nitrogens is 1. The van der Waals surface area contributed by atoms with E-state index in [0.717, 1.165) is 6.07 Å². The third-order valence-electron chi connectivity index (χ3n) is 3.56. The minimum atomic E-state index is -0.849. The second-order valence-corrected chi connectivity index (χ2v) is 5.03. The smallest absolute Gasteiger partial charge is 0.306 e. The summed E-state index contributed by atoms with van der Waals surface area (Å²) < 4.78 is 0. The molecule has 1 aromatic heterocycles. The number of hydrogen-bond acceptors (Lipinski definition) is 4. The second-order valence-electron chi connectivity index (χ2n) is 5.03. The Labute approximate surface area is 114 Å². The number of pyridine rings is 1. The van der Waals surface area contributed by atoms with Crippen molar-refractivity contribution in [3.63, 3.8) is 0 Å². The molecule has 2 unspecified atom stereocenters. The van der Waals surface area contributed by atoms with E-state index in [2.05, 4.69) is 4.98 Å². The van der Waals surface area contributed by atoms with E-state index in [-0.39, 0.29) is 23.4 Å². The van der Waals surface area contributed by atoms with Gasteiger partial charge in [0.1, 0.15) is 0 Å². The summed E-state index contributed by atoms with van der Waals surface area (Å²) in [5.41, 5.74) is -0.451. The van der Waals surface area contributed by atoms with Crippen LogP contribution in [0.25, 0.3) is 0 Å². The number of likely N-dealkylation sites (tertiary alicyclic amines) is 1. The number of carbonyl (C=O) groups is 2. The van der Waals surface area contributed by atoms with Gasteiger partial charge in [-0.25, -0.2) is 0 Å². The lowest BCUT2D eigenvalue weighted by molar-refractivity contribution is -0.143. The van der Waals surface area contributed by atoms with Gasteiger partial charge in [-0.1, -0.05) is 0 Å². The number of hydrogen-bond donors (Lipinski definition) is 3. The average molecular weight is 280 g/mol. The molecule has 2 rings (SSSR count). The van der Waals surface area contributed by atoms with Gasteiger partial charge in [0.15, 0.2) is 5.88 Å². The first-order valence-electron chi connectivity index (χ1n) is 6.35. The average Bonchev–Trinajstić information content (AvgIpc) is 2.36. The maximum absolute atomic E-state index is 12.3. The number of aromatic hydroxyl groups is 1. The lowest BCUT2D eigenvalue weighted by atomic mass is 9.91. The molecule has 7 heteroatoms. The van der Waals surface area contributed by atoms with E-state index in [9.17, 15) is 19.5 Å². The number of aliphatic carboxylic acids is 1. The topological polar surface area (TPSA) is 111 Å². The summed E-state index contributed by atoms with van der Waals surface area (Å²) in [4.78, 5) is 38.2. The summed E-state index contributed by atoms with van der Waals surface area (Å²) in [6.07, 6.45) is 0.775. The fourth-order valence-corrected chi connectivity index (χ4v) is 2.52. The molecule has 0 aromatic carbocycles. The molecule has 20 heavy (non-hydrogen) atoms. The lowest BCUT2D eigenvalue weighted by Crippen LogP contribution is -2.46. The number of amides is 1. The Bertz CT molecular complexity index is 595. The van der Waals surface area contributed by atoms with Crippen LogP contribution < -0.4 is 5.56 Å². The van der Waals surface area contributed by atoms with E-state index >= 15 is 0 Å². The van der Waals surface area contributed by atoms with Gasteiger partial charge in [0, 0.05) is 24.7 Å². The zero-order chi connectivity index (χ0) is 14.9. The van der Waals surface area contributed by atoms with Crippen molar-refractivity contribution >= 4 is 11.9 Å². The molecule has 1 saturated heterocycles. The van der Waals surface area contributed by atoms with Gasteiger partial charge in [0.2, 0.25) is 0 Å². The van der Waals surface area contributed by atoms with Crippen LogP contribution in [0, 0.1) is 5.92 Å². The Kier molecular flexibility index (Phi) is 3.78. The van der Waals surface area contributed by atoms with Gasteiger partial charge in [0.25, 0.3) is 11.5 Å². The van der Waals surface area contributed by atoms with Crippen molar-refractivity contribution in [3.8, 4) is 5.88 Å². The minimum absolute atomic E-state index is 0.104. The maximum atomic E-state index is 12.3. The first-order chi connectivity index (χ1) is 9.38. The fourth-order valence-electron chi connectivity index (χ4n) is 2.52. The number of nitrogens with zero attached hydrogens (tertiary/aromatic N) is 1. The Morgan fingerprint density at radius 3 is 2.65 bits per heavy atom. The number of carboxylic acid groups (broad SMARTS) is 1. The van der Waals surface area contributed by atoms with Gasteiger partial charge in [0.05, 0.1) is 11.5 Å². The van der Waals surface area contributed by atoms with Gasteiger partial charge in [-0.15, -0.1) is 0 Å². The standard InChI is InChI=1S/C13H16N2O5/c1-7-4-8(13(19)20)2-3-15(7)12(18)9-5-10(16)14-11(17)6-9/h5-8H,2-4H2,1H3,(H,19,20)(H2,14,16,17). The van der Waals surface area contributed by atoms with Crippen LogP contribution in [-0.4, -0.2) is 44.6 Å². The van der Waals surface area contributed by atoms with Gasteiger partial charge in [-0.2, -0.15) is 0 Å². The Morgan fingerprint density at radius 1 is 1.40 bits per heavy atom. The normalized spacial score (nSPS) is 22.6. The molecular formula is C13H16N2O5. The molecule has 1 aliphatic rings. The van der Waals surface area contributed by atoms with E-state index < -0.39 is 17.4 Å². The van der Waals surface area contributed by atoms with Crippen molar-refractivity contribution in [2.45, 2.75) is 25.8 Å². The summed E-state index contributed by atoms with van der Waals surface area (Å²) in [6, 6.07) is 2.09. The first-order valence-corrected chi connectivity index (χ1v) is 6.35. The molecule has 2 heterocycles. The molecule has 0 radical (unpaired) electrons. The number of H-pyrrole nitrogens is 1. The third kappa shape index (κ3) is 2.81. The van der Waals surface area contributed by atoms with Crippen LogP contribution in [0.4, 0.5) is 0 Å². The number of nitrogens with one attached hydrogen (secondary N) is 1. The van der Waals surface area contributed by atoms with Crippen LogP contribution in [0.5, 0.6) is 5.88 Å². The Hall–Kier alpha value is -2.31. The maximum Gasteiger partial charge on any atom is 0.306 e. The van der Waals surface area contributed by atoms with Gasteiger partial charge in [-0.3, -0.25) is 19.4 Å². The molecule has 108 valence electrons. The fraction of sp³-hybridized carbons (Fsp3) is 0.462. The molecule has 2 atom stereocenters. The first kappa shape index (κ1) is 14.1. The molecular weight excluding hydrogens is 264 g/mol. The molecule has 1 amide bonds. The predicted molar refractivity (Wildman–Crippen MR) is 69.6 cm³/mol. The van der Waals surface area contributed by atoms with E-state index in [1.54, 1.807) is 6.92 Å². The summed E-state index contributed by atoms with van der Waals surface area (Å²) in [7, 11) is 0. The van der Waals surface area contributed by atoms with Crippen LogP contribution in [-0.2, 0) is 4.79 Å². The molecule has 0 bridgehead atoms. The van der Waals surface area contributed by atoms with Crippen LogP contribution in [0.3, 0.4) is 0 Å². The number of aromatic amines is 1. The van der Waals surface area contributed by atoms with Gasteiger partial charge < -0.3 is 15.1 Å². The highest BCUT2D eigenvalue weighted by molar-refractivity contribution is 5.94. The predicted octanol–water partition coefficient (Wildman–Crippen LogP) is 0.406. The molecule has 1 aliphatic heterocycles. The molecule has 7 nitrogen and oxygen atoms in total.